The minimum absolute atomic E-state index is 0.306. The lowest BCUT2D eigenvalue weighted by atomic mass is 10.1. The van der Waals surface area contributed by atoms with Gasteiger partial charge in [0.2, 0.25) is 0 Å². The number of aromatic nitrogens is 1. The summed E-state index contributed by atoms with van der Waals surface area (Å²) in [6, 6.07) is 11.0. The standard InChI is InChI=1S/C19H18ClN3O2/c1-12-8-13(2)18(16(20)9-12)23-19(24)17-10-14(5-6-21-17)22-11-15-4-3-7-25-15/h3-10H,11H2,1-2H3,(H,21,22)(H,23,24). The second-order valence-electron chi connectivity index (χ2n) is 5.76. The molecule has 1 amide bonds. The molecule has 2 aromatic heterocycles. The van der Waals surface area contributed by atoms with Crippen LogP contribution in [0.2, 0.25) is 5.02 Å². The number of pyridine rings is 1. The number of benzene rings is 1. The molecule has 0 bridgehead atoms. The van der Waals surface area contributed by atoms with Gasteiger partial charge < -0.3 is 15.1 Å². The summed E-state index contributed by atoms with van der Waals surface area (Å²) >= 11 is 6.25. The molecule has 25 heavy (non-hydrogen) atoms. The minimum atomic E-state index is -0.310. The molecule has 0 radical (unpaired) electrons. The van der Waals surface area contributed by atoms with Crippen LogP contribution in [0.15, 0.2) is 53.3 Å². The number of hydrogen-bond donors (Lipinski definition) is 2. The van der Waals surface area contributed by atoms with E-state index in [0.29, 0.717) is 22.9 Å². The van der Waals surface area contributed by atoms with Crippen molar-refractivity contribution in [3.8, 4) is 0 Å². The number of amides is 1. The molecule has 0 fully saturated rings. The topological polar surface area (TPSA) is 67.2 Å². The highest BCUT2D eigenvalue weighted by molar-refractivity contribution is 6.34. The highest BCUT2D eigenvalue weighted by Gasteiger charge is 2.13. The van der Waals surface area contributed by atoms with Crippen LogP contribution in [0.3, 0.4) is 0 Å². The van der Waals surface area contributed by atoms with Gasteiger partial charge in [-0.3, -0.25) is 9.78 Å². The first-order valence-corrected chi connectivity index (χ1v) is 8.21. The molecule has 2 N–H and O–H groups in total. The summed E-state index contributed by atoms with van der Waals surface area (Å²) in [6.45, 7) is 4.39. The Morgan fingerprint density at radius 1 is 1.24 bits per heavy atom. The van der Waals surface area contributed by atoms with Crippen molar-refractivity contribution < 1.29 is 9.21 Å². The Balaban J connectivity index is 1.73. The lowest BCUT2D eigenvalue weighted by molar-refractivity contribution is 0.102. The van der Waals surface area contributed by atoms with E-state index >= 15 is 0 Å². The van der Waals surface area contributed by atoms with Gasteiger partial charge in [-0.15, -0.1) is 0 Å². The number of nitrogens with one attached hydrogen (secondary N) is 2. The highest BCUT2D eigenvalue weighted by atomic mass is 35.5. The van der Waals surface area contributed by atoms with Gasteiger partial charge in [0.05, 0.1) is 23.5 Å². The molecule has 0 aliphatic heterocycles. The van der Waals surface area contributed by atoms with E-state index in [0.717, 1.165) is 22.6 Å². The summed E-state index contributed by atoms with van der Waals surface area (Å²) in [5.74, 6) is 0.500. The molecule has 2 heterocycles. The van der Waals surface area contributed by atoms with Crippen LogP contribution in [0, 0.1) is 13.8 Å². The number of halogens is 1. The minimum Gasteiger partial charge on any atom is -0.467 e. The van der Waals surface area contributed by atoms with Crippen LogP contribution >= 0.6 is 11.6 Å². The van der Waals surface area contributed by atoms with Crippen LogP contribution in [0.5, 0.6) is 0 Å². The van der Waals surface area contributed by atoms with Gasteiger partial charge in [0.15, 0.2) is 0 Å². The lowest BCUT2D eigenvalue weighted by Gasteiger charge is -2.12. The second-order valence-corrected chi connectivity index (χ2v) is 6.16. The molecule has 0 aliphatic rings. The van der Waals surface area contributed by atoms with E-state index in [4.69, 9.17) is 16.0 Å². The van der Waals surface area contributed by atoms with Crippen molar-refractivity contribution in [1.82, 2.24) is 4.98 Å². The van der Waals surface area contributed by atoms with Gasteiger partial charge in [0.25, 0.3) is 5.91 Å². The molecule has 0 atom stereocenters. The van der Waals surface area contributed by atoms with Crippen molar-refractivity contribution in [3.05, 3.63) is 76.5 Å². The van der Waals surface area contributed by atoms with Gasteiger partial charge in [0, 0.05) is 11.9 Å². The Kier molecular flexibility index (Phi) is 5.05. The quantitative estimate of drug-likeness (QED) is 0.689. The first kappa shape index (κ1) is 17.0. The van der Waals surface area contributed by atoms with Crippen LogP contribution in [-0.4, -0.2) is 10.9 Å². The molecule has 128 valence electrons. The van der Waals surface area contributed by atoms with Crippen LogP contribution < -0.4 is 10.6 Å². The summed E-state index contributed by atoms with van der Waals surface area (Å²) in [5, 5.41) is 6.55. The highest BCUT2D eigenvalue weighted by Crippen LogP contribution is 2.27. The third kappa shape index (κ3) is 4.19. The van der Waals surface area contributed by atoms with Crippen LogP contribution in [-0.2, 0) is 6.54 Å². The van der Waals surface area contributed by atoms with Crippen molar-refractivity contribution in [1.29, 1.82) is 0 Å². The van der Waals surface area contributed by atoms with Gasteiger partial charge in [-0.05, 0) is 55.3 Å². The number of anilines is 2. The number of rotatable bonds is 5. The Hall–Kier alpha value is -2.79. The molecule has 0 aliphatic carbocycles. The smallest absolute Gasteiger partial charge is 0.274 e. The summed E-state index contributed by atoms with van der Waals surface area (Å²) in [4.78, 5) is 16.6. The maximum absolute atomic E-state index is 12.5. The zero-order valence-corrected chi connectivity index (χ0v) is 14.7. The Bertz CT molecular complexity index is 868. The van der Waals surface area contributed by atoms with E-state index in [1.54, 1.807) is 24.6 Å². The molecule has 1 aromatic carbocycles. The molecule has 0 saturated carbocycles. The molecular weight excluding hydrogens is 338 g/mol. The lowest BCUT2D eigenvalue weighted by Crippen LogP contribution is -2.15. The fourth-order valence-electron chi connectivity index (χ4n) is 2.52. The van der Waals surface area contributed by atoms with Crippen molar-refractivity contribution in [2.45, 2.75) is 20.4 Å². The Morgan fingerprint density at radius 2 is 2.08 bits per heavy atom. The van der Waals surface area contributed by atoms with E-state index < -0.39 is 0 Å². The van der Waals surface area contributed by atoms with Crippen molar-refractivity contribution >= 4 is 28.9 Å². The molecule has 0 spiro atoms. The molecule has 3 rings (SSSR count). The zero-order valence-electron chi connectivity index (χ0n) is 14.0. The Morgan fingerprint density at radius 3 is 2.80 bits per heavy atom. The maximum atomic E-state index is 12.5. The van der Waals surface area contributed by atoms with Gasteiger partial charge in [-0.2, -0.15) is 0 Å². The van der Waals surface area contributed by atoms with E-state index in [1.165, 1.54) is 0 Å². The number of aryl methyl sites for hydroxylation is 2. The first-order chi connectivity index (χ1) is 12.0. The zero-order chi connectivity index (χ0) is 17.8. The van der Waals surface area contributed by atoms with Gasteiger partial charge >= 0.3 is 0 Å². The molecule has 6 heteroatoms. The van der Waals surface area contributed by atoms with Crippen molar-refractivity contribution in [3.63, 3.8) is 0 Å². The summed E-state index contributed by atoms with van der Waals surface area (Å²) in [5.41, 5.74) is 3.64. The monoisotopic (exact) mass is 355 g/mol. The van der Waals surface area contributed by atoms with Gasteiger partial charge in [-0.1, -0.05) is 17.7 Å². The first-order valence-electron chi connectivity index (χ1n) is 7.83. The van der Waals surface area contributed by atoms with E-state index in [-0.39, 0.29) is 5.91 Å². The van der Waals surface area contributed by atoms with E-state index in [9.17, 15) is 4.79 Å². The number of furan rings is 1. The third-order valence-electron chi connectivity index (χ3n) is 3.71. The largest absolute Gasteiger partial charge is 0.467 e. The normalized spacial score (nSPS) is 10.5. The average molecular weight is 356 g/mol. The number of carbonyl (C=O) groups excluding carboxylic acids is 1. The van der Waals surface area contributed by atoms with E-state index in [2.05, 4.69) is 15.6 Å². The summed E-state index contributed by atoms with van der Waals surface area (Å²) in [6.07, 6.45) is 3.21. The van der Waals surface area contributed by atoms with Crippen LogP contribution in [0.25, 0.3) is 0 Å². The van der Waals surface area contributed by atoms with Crippen LogP contribution in [0.1, 0.15) is 27.4 Å². The molecule has 3 aromatic rings. The number of hydrogen-bond acceptors (Lipinski definition) is 4. The molecular formula is C19H18ClN3O2. The second kappa shape index (κ2) is 7.40. The fourth-order valence-corrected chi connectivity index (χ4v) is 2.89. The maximum Gasteiger partial charge on any atom is 0.274 e. The van der Waals surface area contributed by atoms with E-state index in [1.807, 2.05) is 38.1 Å². The van der Waals surface area contributed by atoms with Crippen molar-refractivity contribution in [2.75, 3.05) is 10.6 Å². The van der Waals surface area contributed by atoms with Crippen LogP contribution in [0.4, 0.5) is 11.4 Å². The van der Waals surface area contributed by atoms with Crippen molar-refractivity contribution in [2.24, 2.45) is 0 Å². The molecule has 5 nitrogen and oxygen atoms in total. The number of nitrogens with zero attached hydrogens (tertiary/aromatic N) is 1. The summed E-state index contributed by atoms with van der Waals surface area (Å²) in [7, 11) is 0. The van der Waals surface area contributed by atoms with Gasteiger partial charge in [-0.25, -0.2) is 0 Å². The summed E-state index contributed by atoms with van der Waals surface area (Å²) < 4.78 is 5.28. The predicted molar refractivity (Wildman–Crippen MR) is 99.2 cm³/mol. The molecule has 0 unspecified atom stereocenters. The predicted octanol–water partition coefficient (Wildman–Crippen LogP) is 4.81. The SMILES string of the molecule is Cc1cc(C)c(NC(=O)c2cc(NCc3ccco3)ccn2)c(Cl)c1. The Labute approximate surface area is 151 Å². The average Bonchev–Trinajstić information content (AvgIpc) is 3.10. The number of carbonyl (C=O) groups is 1. The fraction of sp³-hybridized carbons (Fsp3) is 0.158. The molecule has 0 saturated heterocycles. The van der Waals surface area contributed by atoms with Gasteiger partial charge in [0.1, 0.15) is 11.5 Å². The third-order valence-corrected chi connectivity index (χ3v) is 4.01.